The van der Waals surface area contributed by atoms with Crippen molar-refractivity contribution in [1.82, 2.24) is 24.4 Å². The number of cyclic esters (lactones) is 1. The zero-order chi connectivity index (χ0) is 30.8. The van der Waals surface area contributed by atoms with E-state index in [1.807, 2.05) is 24.3 Å². The Morgan fingerprint density at radius 1 is 1.02 bits per heavy atom. The van der Waals surface area contributed by atoms with Crippen LogP contribution in [0.1, 0.15) is 49.6 Å². The molecule has 2 aromatic carbocycles. The number of para-hydroxylation sites is 2. The van der Waals surface area contributed by atoms with Gasteiger partial charge in [0, 0.05) is 23.5 Å². The summed E-state index contributed by atoms with van der Waals surface area (Å²) in [5, 5.41) is 17.9. The average Bonchev–Trinajstić information content (AvgIpc) is 3.30. The quantitative estimate of drug-likeness (QED) is 0.222. The number of rotatable bonds is 8. The number of carbonyl (C=O) groups excluding carboxylic acids is 3. The molecule has 2 amide bonds. The highest BCUT2D eigenvalue weighted by Gasteiger charge is 2.36. The van der Waals surface area contributed by atoms with Gasteiger partial charge >= 0.3 is 11.7 Å². The lowest BCUT2D eigenvalue weighted by molar-refractivity contribution is -0.155. The van der Waals surface area contributed by atoms with E-state index in [1.165, 1.54) is 17.7 Å². The highest BCUT2D eigenvalue weighted by molar-refractivity contribution is 6.04. The molecule has 1 fully saturated rings. The monoisotopic (exact) mass is 587 g/mol. The molecule has 3 atom stereocenters. The van der Waals surface area contributed by atoms with Crippen LogP contribution < -0.4 is 27.2 Å². The molecule has 14 nitrogen and oxygen atoms in total. The summed E-state index contributed by atoms with van der Waals surface area (Å²) in [6.07, 6.45) is 1.03. The van der Waals surface area contributed by atoms with Crippen LogP contribution in [0.3, 0.4) is 0 Å². The van der Waals surface area contributed by atoms with E-state index < -0.39 is 53.4 Å². The molecule has 0 radical (unpaired) electrons. The van der Waals surface area contributed by atoms with Gasteiger partial charge in [-0.15, -0.1) is 0 Å². The van der Waals surface area contributed by atoms with Gasteiger partial charge in [0.15, 0.2) is 0 Å². The molecule has 0 aliphatic carbocycles. The van der Waals surface area contributed by atoms with Crippen molar-refractivity contribution in [2.24, 2.45) is 0 Å². The van der Waals surface area contributed by atoms with Crippen molar-refractivity contribution in [3.8, 4) is 0 Å². The smallest absolute Gasteiger partial charge is 0.332 e. The summed E-state index contributed by atoms with van der Waals surface area (Å²) in [7, 11) is 0. The first-order chi connectivity index (χ1) is 20.5. The highest BCUT2D eigenvalue weighted by Crippen LogP contribution is 2.19. The van der Waals surface area contributed by atoms with Crippen molar-refractivity contribution in [2.45, 2.75) is 51.6 Å². The number of aromatic nitrogens is 4. The molecule has 3 heterocycles. The van der Waals surface area contributed by atoms with Crippen LogP contribution in [0.25, 0.3) is 11.0 Å². The van der Waals surface area contributed by atoms with Gasteiger partial charge in [0.1, 0.15) is 23.6 Å². The first-order valence-corrected chi connectivity index (χ1v) is 13.5. The van der Waals surface area contributed by atoms with Gasteiger partial charge in [-0.2, -0.15) is 0 Å². The number of carbonyl (C=O) groups is 3. The second-order valence-corrected chi connectivity index (χ2v) is 10.3. The summed E-state index contributed by atoms with van der Waals surface area (Å²) in [4.78, 5) is 72.9. The van der Waals surface area contributed by atoms with E-state index in [2.05, 4.69) is 30.7 Å². The summed E-state index contributed by atoms with van der Waals surface area (Å²) in [5.41, 5.74) is 0.481. The van der Waals surface area contributed by atoms with Gasteiger partial charge in [-0.3, -0.25) is 28.7 Å². The Kier molecular flexibility index (Phi) is 8.03. The predicted molar refractivity (Wildman–Crippen MR) is 156 cm³/mol. The second-order valence-electron chi connectivity index (χ2n) is 10.3. The minimum absolute atomic E-state index is 0.217. The number of hydrogen-bond acceptors (Lipinski definition) is 10. The molecular formula is C29H29N7O7. The van der Waals surface area contributed by atoms with Gasteiger partial charge in [0.25, 0.3) is 11.5 Å². The largest absolute Gasteiger partial charge is 0.434 e. The number of anilines is 3. The number of aliphatic hydroxyl groups excluding tert-OH is 1. The third-order valence-corrected chi connectivity index (χ3v) is 6.89. The Morgan fingerprint density at radius 2 is 1.72 bits per heavy atom. The average molecular weight is 588 g/mol. The number of ether oxygens (including phenoxy) is 1. The van der Waals surface area contributed by atoms with Crippen molar-refractivity contribution in [3.63, 3.8) is 0 Å². The number of amides is 2. The topological polar surface area (TPSA) is 187 Å². The van der Waals surface area contributed by atoms with Gasteiger partial charge in [-0.25, -0.2) is 14.3 Å². The Hall–Kier alpha value is -5.37. The molecule has 1 aliphatic heterocycles. The molecule has 0 bridgehead atoms. The molecular weight excluding hydrogens is 558 g/mol. The van der Waals surface area contributed by atoms with Gasteiger partial charge in [-0.05, 0) is 57.2 Å². The summed E-state index contributed by atoms with van der Waals surface area (Å²) in [6.45, 7) is 4.73. The highest BCUT2D eigenvalue weighted by atomic mass is 16.6. The standard InChI is InChI=1S/C29H29N7O7/c1-15(2)35-14-22(27(40)36(29(35)42)16(3)25(38)33-21-12-24(37)43-28(21)41)34-26(39)17-8-10-18(11-9-17)31-23-13-30-19-6-4-5-7-20(19)32-23/h4-11,13-16,21,28,41H,12H2,1-3H3,(H,31,32)(H,33,38)(H,34,39)/t16?,21-,28?/m0/s1. The van der Waals surface area contributed by atoms with Crippen LogP contribution in [0.15, 0.2) is 70.5 Å². The fourth-order valence-corrected chi connectivity index (χ4v) is 4.54. The molecule has 2 aromatic heterocycles. The minimum atomic E-state index is -1.54. The van der Waals surface area contributed by atoms with E-state index in [0.29, 0.717) is 16.1 Å². The predicted octanol–water partition coefficient (Wildman–Crippen LogP) is 1.84. The van der Waals surface area contributed by atoms with Crippen molar-refractivity contribution >= 4 is 46.0 Å². The molecule has 14 heteroatoms. The van der Waals surface area contributed by atoms with Crippen LogP contribution in [0, 0.1) is 0 Å². The van der Waals surface area contributed by atoms with E-state index in [9.17, 15) is 29.1 Å². The fraction of sp³-hybridized carbons (Fsp3) is 0.276. The van der Waals surface area contributed by atoms with Crippen LogP contribution in [0.5, 0.6) is 0 Å². The second kappa shape index (κ2) is 11.9. The lowest BCUT2D eigenvalue weighted by Gasteiger charge is -2.21. The SMILES string of the molecule is CC(C)n1cc(NC(=O)c2ccc(Nc3cnc4ccccc4n3)cc2)c(=O)n(C(C)C(=O)N[C@H]2CC(=O)OC2O)c1=O. The van der Waals surface area contributed by atoms with E-state index in [1.54, 1.807) is 44.3 Å². The van der Waals surface area contributed by atoms with Crippen molar-refractivity contribution in [2.75, 3.05) is 10.6 Å². The molecule has 0 spiro atoms. The van der Waals surface area contributed by atoms with E-state index in [0.717, 1.165) is 11.0 Å². The van der Waals surface area contributed by atoms with Crippen LogP contribution in [0.2, 0.25) is 0 Å². The Morgan fingerprint density at radius 3 is 2.37 bits per heavy atom. The maximum atomic E-state index is 13.4. The van der Waals surface area contributed by atoms with Crippen LogP contribution in [0.4, 0.5) is 17.2 Å². The summed E-state index contributed by atoms with van der Waals surface area (Å²) in [5.74, 6) is -1.58. The lowest BCUT2D eigenvalue weighted by atomic mass is 10.2. The normalized spacial score (nSPS) is 17.0. The first kappa shape index (κ1) is 29.1. The number of esters is 1. The molecule has 2 unspecified atom stereocenters. The summed E-state index contributed by atoms with van der Waals surface area (Å²) < 4.78 is 6.56. The molecule has 5 rings (SSSR count). The zero-order valence-electron chi connectivity index (χ0n) is 23.5. The summed E-state index contributed by atoms with van der Waals surface area (Å²) in [6, 6.07) is 11.1. The molecule has 1 aliphatic rings. The van der Waals surface area contributed by atoms with Gasteiger partial charge < -0.3 is 25.8 Å². The first-order valence-electron chi connectivity index (χ1n) is 13.5. The van der Waals surface area contributed by atoms with Gasteiger partial charge in [0.05, 0.1) is 23.7 Å². The number of hydrogen-bond donors (Lipinski definition) is 4. The van der Waals surface area contributed by atoms with E-state index in [4.69, 9.17) is 0 Å². The number of aliphatic hydroxyl groups is 1. The van der Waals surface area contributed by atoms with Gasteiger partial charge in [-0.1, -0.05) is 12.1 Å². The third kappa shape index (κ3) is 6.13. The molecule has 1 saturated heterocycles. The van der Waals surface area contributed by atoms with Gasteiger partial charge in [0.2, 0.25) is 12.2 Å². The number of benzene rings is 2. The maximum absolute atomic E-state index is 13.4. The van der Waals surface area contributed by atoms with Crippen LogP contribution in [-0.4, -0.2) is 54.3 Å². The number of fused-ring (bicyclic) bond motifs is 1. The molecule has 43 heavy (non-hydrogen) atoms. The van der Waals surface area contributed by atoms with Crippen LogP contribution in [-0.2, 0) is 14.3 Å². The lowest BCUT2D eigenvalue weighted by Crippen LogP contribution is -2.49. The number of nitrogens with zero attached hydrogens (tertiary/aromatic N) is 4. The van der Waals surface area contributed by atoms with Crippen molar-refractivity contribution < 1.29 is 24.2 Å². The molecule has 0 saturated carbocycles. The van der Waals surface area contributed by atoms with Crippen LogP contribution >= 0.6 is 0 Å². The number of nitrogens with one attached hydrogen (secondary N) is 3. The Balaban J connectivity index is 1.35. The van der Waals surface area contributed by atoms with E-state index in [-0.39, 0.29) is 17.7 Å². The Labute approximate surface area is 244 Å². The third-order valence-electron chi connectivity index (χ3n) is 6.89. The minimum Gasteiger partial charge on any atom is -0.434 e. The zero-order valence-corrected chi connectivity index (χ0v) is 23.5. The van der Waals surface area contributed by atoms with Crippen molar-refractivity contribution in [1.29, 1.82) is 0 Å². The van der Waals surface area contributed by atoms with E-state index >= 15 is 0 Å². The maximum Gasteiger partial charge on any atom is 0.332 e. The molecule has 4 N–H and O–H groups in total. The Bertz CT molecular complexity index is 1830. The molecule has 222 valence electrons. The fourth-order valence-electron chi connectivity index (χ4n) is 4.54. The van der Waals surface area contributed by atoms with Crippen molar-refractivity contribution in [3.05, 3.63) is 87.3 Å². The molecule has 4 aromatic rings. The summed E-state index contributed by atoms with van der Waals surface area (Å²) >= 11 is 0.